The van der Waals surface area contributed by atoms with Crippen LogP contribution in [0.3, 0.4) is 0 Å². The van der Waals surface area contributed by atoms with Crippen LogP contribution in [-0.4, -0.2) is 18.6 Å². The van der Waals surface area contributed by atoms with Gasteiger partial charge in [0.05, 0.1) is 6.04 Å². The Kier molecular flexibility index (Phi) is 4.97. The van der Waals surface area contributed by atoms with Crippen LogP contribution in [0, 0.1) is 0 Å². The quantitative estimate of drug-likeness (QED) is 0.885. The van der Waals surface area contributed by atoms with E-state index in [4.69, 9.17) is 4.74 Å². The summed E-state index contributed by atoms with van der Waals surface area (Å²) in [7, 11) is 0. The summed E-state index contributed by atoms with van der Waals surface area (Å²) in [6, 6.07) is 8.53. The molecule has 1 aliphatic rings. The highest BCUT2D eigenvalue weighted by molar-refractivity contribution is 5.81. The van der Waals surface area contributed by atoms with E-state index >= 15 is 0 Å². The van der Waals surface area contributed by atoms with Crippen molar-refractivity contribution < 1.29 is 9.53 Å². The number of aryl methyl sites for hydroxylation is 1. The van der Waals surface area contributed by atoms with Gasteiger partial charge in [0.1, 0.15) is 6.10 Å². The summed E-state index contributed by atoms with van der Waals surface area (Å²) in [5, 5.41) is 3.03. The van der Waals surface area contributed by atoms with E-state index in [0.29, 0.717) is 6.61 Å². The lowest BCUT2D eigenvalue weighted by molar-refractivity contribution is -0.130. The largest absolute Gasteiger partial charge is 0.368 e. The van der Waals surface area contributed by atoms with Crippen molar-refractivity contribution in [2.45, 2.75) is 51.7 Å². The summed E-state index contributed by atoms with van der Waals surface area (Å²) >= 11 is 0. The SMILES string of the molecule is CCCc1ccc([C@@H](C)NC(=O)[C@@H]2CCCO2)cc1. The first-order valence-electron chi connectivity index (χ1n) is 7.21. The van der Waals surface area contributed by atoms with E-state index in [1.807, 2.05) is 6.92 Å². The molecule has 3 nitrogen and oxygen atoms in total. The van der Waals surface area contributed by atoms with Crippen molar-refractivity contribution in [1.82, 2.24) is 5.32 Å². The van der Waals surface area contributed by atoms with Crippen molar-refractivity contribution in [3.05, 3.63) is 35.4 Å². The second kappa shape index (κ2) is 6.71. The number of carbonyl (C=O) groups excluding carboxylic acids is 1. The third kappa shape index (κ3) is 3.80. The van der Waals surface area contributed by atoms with Crippen molar-refractivity contribution in [1.29, 1.82) is 0 Å². The molecule has 19 heavy (non-hydrogen) atoms. The molecule has 1 N–H and O–H groups in total. The second-order valence-corrected chi connectivity index (χ2v) is 5.22. The Morgan fingerprint density at radius 3 is 2.74 bits per heavy atom. The third-order valence-corrected chi connectivity index (χ3v) is 3.60. The highest BCUT2D eigenvalue weighted by atomic mass is 16.5. The molecule has 0 saturated carbocycles. The smallest absolute Gasteiger partial charge is 0.249 e. The number of hydrogen-bond donors (Lipinski definition) is 1. The Morgan fingerprint density at radius 2 is 2.16 bits per heavy atom. The number of hydrogen-bond acceptors (Lipinski definition) is 2. The van der Waals surface area contributed by atoms with Gasteiger partial charge in [-0.15, -0.1) is 0 Å². The van der Waals surface area contributed by atoms with Crippen LogP contribution in [0.4, 0.5) is 0 Å². The molecule has 1 aromatic carbocycles. The fourth-order valence-corrected chi connectivity index (χ4v) is 2.44. The molecule has 0 aliphatic carbocycles. The Hall–Kier alpha value is -1.35. The normalized spacial score (nSPS) is 20.2. The van der Waals surface area contributed by atoms with Gasteiger partial charge in [-0.1, -0.05) is 37.6 Å². The number of carbonyl (C=O) groups is 1. The number of rotatable bonds is 5. The lowest BCUT2D eigenvalue weighted by atomic mass is 10.0. The molecule has 2 rings (SSSR count). The lowest BCUT2D eigenvalue weighted by Crippen LogP contribution is -2.35. The van der Waals surface area contributed by atoms with Crippen LogP contribution in [0.2, 0.25) is 0 Å². The lowest BCUT2D eigenvalue weighted by Gasteiger charge is -2.17. The van der Waals surface area contributed by atoms with Gasteiger partial charge in [0, 0.05) is 6.61 Å². The van der Waals surface area contributed by atoms with Crippen LogP contribution in [0.1, 0.15) is 50.3 Å². The molecule has 1 saturated heterocycles. The molecule has 2 atom stereocenters. The molecule has 0 bridgehead atoms. The van der Waals surface area contributed by atoms with E-state index < -0.39 is 0 Å². The summed E-state index contributed by atoms with van der Waals surface area (Å²) in [6.07, 6.45) is 3.84. The van der Waals surface area contributed by atoms with Gasteiger partial charge in [0.2, 0.25) is 5.91 Å². The van der Waals surface area contributed by atoms with Crippen LogP contribution in [0.15, 0.2) is 24.3 Å². The molecule has 1 aromatic rings. The van der Waals surface area contributed by atoms with Crippen molar-refractivity contribution in [2.75, 3.05) is 6.61 Å². The van der Waals surface area contributed by atoms with Crippen LogP contribution in [-0.2, 0) is 16.0 Å². The van der Waals surface area contributed by atoms with Crippen LogP contribution in [0.5, 0.6) is 0 Å². The molecule has 0 spiro atoms. The van der Waals surface area contributed by atoms with Gasteiger partial charge >= 0.3 is 0 Å². The molecular formula is C16H23NO2. The zero-order valence-corrected chi connectivity index (χ0v) is 11.8. The van der Waals surface area contributed by atoms with E-state index in [2.05, 4.69) is 36.5 Å². The van der Waals surface area contributed by atoms with E-state index in [1.54, 1.807) is 0 Å². The van der Waals surface area contributed by atoms with Gasteiger partial charge in [-0.25, -0.2) is 0 Å². The van der Waals surface area contributed by atoms with Crippen molar-refractivity contribution in [2.24, 2.45) is 0 Å². The molecule has 104 valence electrons. The van der Waals surface area contributed by atoms with Crippen LogP contribution < -0.4 is 5.32 Å². The average Bonchev–Trinajstić information content (AvgIpc) is 2.94. The first-order valence-corrected chi connectivity index (χ1v) is 7.21. The van der Waals surface area contributed by atoms with Gasteiger partial charge in [-0.05, 0) is 37.3 Å². The van der Waals surface area contributed by atoms with E-state index in [0.717, 1.165) is 31.2 Å². The summed E-state index contributed by atoms with van der Waals surface area (Å²) < 4.78 is 5.39. The monoisotopic (exact) mass is 261 g/mol. The molecule has 1 heterocycles. The minimum absolute atomic E-state index is 0.0163. The molecule has 1 aliphatic heterocycles. The molecular weight excluding hydrogens is 238 g/mol. The predicted molar refractivity (Wildman–Crippen MR) is 76.0 cm³/mol. The van der Waals surface area contributed by atoms with E-state index in [1.165, 1.54) is 5.56 Å². The number of nitrogens with one attached hydrogen (secondary N) is 1. The fraction of sp³-hybridized carbons (Fsp3) is 0.562. The Balaban J connectivity index is 1.91. The second-order valence-electron chi connectivity index (χ2n) is 5.22. The molecule has 0 aromatic heterocycles. The maximum Gasteiger partial charge on any atom is 0.249 e. The third-order valence-electron chi connectivity index (χ3n) is 3.60. The summed E-state index contributed by atoms with van der Waals surface area (Å²) in [4.78, 5) is 12.0. The highest BCUT2D eigenvalue weighted by Crippen LogP contribution is 2.17. The predicted octanol–water partition coefficient (Wildman–Crippen LogP) is 3.00. The first kappa shape index (κ1) is 14.1. The Labute approximate surface area is 115 Å². The summed E-state index contributed by atoms with van der Waals surface area (Å²) in [5.41, 5.74) is 2.50. The van der Waals surface area contributed by atoms with Crippen LogP contribution >= 0.6 is 0 Å². The summed E-state index contributed by atoms with van der Waals surface area (Å²) in [6.45, 7) is 4.90. The van der Waals surface area contributed by atoms with E-state index in [9.17, 15) is 4.79 Å². The van der Waals surface area contributed by atoms with Crippen molar-refractivity contribution in [3.8, 4) is 0 Å². The maximum absolute atomic E-state index is 12.0. The molecule has 3 heteroatoms. The average molecular weight is 261 g/mol. The van der Waals surface area contributed by atoms with Crippen molar-refractivity contribution in [3.63, 3.8) is 0 Å². The topological polar surface area (TPSA) is 38.3 Å². The van der Waals surface area contributed by atoms with Gasteiger partial charge in [-0.3, -0.25) is 4.79 Å². The number of ether oxygens (including phenoxy) is 1. The molecule has 1 amide bonds. The zero-order chi connectivity index (χ0) is 13.7. The minimum atomic E-state index is -0.248. The van der Waals surface area contributed by atoms with Gasteiger partial charge in [-0.2, -0.15) is 0 Å². The number of amides is 1. The minimum Gasteiger partial charge on any atom is -0.368 e. The Bertz CT molecular complexity index is 407. The summed E-state index contributed by atoms with van der Waals surface area (Å²) in [5.74, 6) is 0.0163. The zero-order valence-electron chi connectivity index (χ0n) is 11.8. The highest BCUT2D eigenvalue weighted by Gasteiger charge is 2.24. The van der Waals surface area contributed by atoms with Crippen LogP contribution in [0.25, 0.3) is 0 Å². The maximum atomic E-state index is 12.0. The standard InChI is InChI=1S/C16H23NO2/c1-3-5-13-7-9-14(10-8-13)12(2)17-16(18)15-6-4-11-19-15/h7-10,12,15H,3-6,11H2,1-2H3,(H,17,18)/t12-,15+/m1/s1. The molecule has 0 unspecified atom stereocenters. The fourth-order valence-electron chi connectivity index (χ4n) is 2.44. The van der Waals surface area contributed by atoms with Gasteiger partial charge in [0.15, 0.2) is 0 Å². The Morgan fingerprint density at radius 1 is 1.42 bits per heavy atom. The van der Waals surface area contributed by atoms with Gasteiger partial charge < -0.3 is 10.1 Å². The van der Waals surface area contributed by atoms with Gasteiger partial charge in [0.25, 0.3) is 0 Å². The first-order chi connectivity index (χ1) is 9.20. The molecule has 0 radical (unpaired) electrons. The van der Waals surface area contributed by atoms with E-state index in [-0.39, 0.29) is 18.1 Å². The van der Waals surface area contributed by atoms with Crippen molar-refractivity contribution >= 4 is 5.91 Å². The molecule has 1 fully saturated rings. The number of benzene rings is 1.